The van der Waals surface area contributed by atoms with E-state index in [2.05, 4.69) is 10.3 Å². The summed E-state index contributed by atoms with van der Waals surface area (Å²) in [4.78, 5) is 25.5. The first-order valence-corrected chi connectivity index (χ1v) is 7.27. The largest absolute Gasteiger partial charge is 0.493 e. The highest BCUT2D eigenvalue weighted by Crippen LogP contribution is 2.12. The number of para-hydroxylation sites is 1. The van der Waals surface area contributed by atoms with Crippen molar-refractivity contribution in [1.29, 1.82) is 0 Å². The van der Waals surface area contributed by atoms with Crippen molar-refractivity contribution in [2.75, 3.05) is 6.61 Å². The van der Waals surface area contributed by atoms with Crippen LogP contribution in [0.15, 0.2) is 57.7 Å². The molecule has 0 bridgehead atoms. The molecule has 0 radical (unpaired) electrons. The first kappa shape index (κ1) is 14.9. The predicted molar refractivity (Wildman–Crippen MR) is 85.2 cm³/mol. The Kier molecular flexibility index (Phi) is 4.42. The second-order valence-corrected chi connectivity index (χ2v) is 5.03. The van der Waals surface area contributed by atoms with Crippen LogP contribution in [0.4, 0.5) is 0 Å². The zero-order valence-electron chi connectivity index (χ0n) is 12.4. The highest BCUT2D eigenvalue weighted by Gasteiger charge is 2.05. The molecule has 2 N–H and O–H groups in total. The van der Waals surface area contributed by atoms with Crippen molar-refractivity contribution in [3.63, 3.8) is 0 Å². The quantitative estimate of drug-likeness (QED) is 0.731. The Morgan fingerprint density at radius 2 is 2.00 bits per heavy atom. The third kappa shape index (κ3) is 4.00. The van der Waals surface area contributed by atoms with E-state index in [1.54, 1.807) is 12.1 Å². The van der Waals surface area contributed by atoms with E-state index in [4.69, 9.17) is 9.15 Å². The van der Waals surface area contributed by atoms with Crippen molar-refractivity contribution in [2.24, 2.45) is 0 Å². The van der Waals surface area contributed by atoms with Crippen LogP contribution in [0.5, 0.6) is 5.75 Å². The standard InChI is InChI=1S/C17H16N2O4/c20-16(8-9-22-13-4-2-1-3-5-13)18-11-12-6-7-14-15(10-12)23-17(21)19-14/h1-7,10H,8-9,11H2,(H,18,20)(H,19,21). The minimum Gasteiger partial charge on any atom is -0.493 e. The molecule has 3 aromatic rings. The van der Waals surface area contributed by atoms with Gasteiger partial charge >= 0.3 is 5.76 Å². The lowest BCUT2D eigenvalue weighted by molar-refractivity contribution is -0.121. The van der Waals surface area contributed by atoms with E-state index in [9.17, 15) is 9.59 Å². The van der Waals surface area contributed by atoms with Gasteiger partial charge in [0.25, 0.3) is 0 Å². The molecule has 0 aliphatic carbocycles. The number of fused-ring (bicyclic) bond motifs is 1. The Bertz CT molecular complexity index is 852. The molecule has 23 heavy (non-hydrogen) atoms. The Hall–Kier alpha value is -3.02. The average Bonchev–Trinajstić information content (AvgIpc) is 2.93. The van der Waals surface area contributed by atoms with E-state index in [1.807, 2.05) is 36.4 Å². The summed E-state index contributed by atoms with van der Waals surface area (Å²) in [6, 6.07) is 14.7. The molecular formula is C17H16N2O4. The molecule has 0 aliphatic rings. The van der Waals surface area contributed by atoms with Crippen molar-refractivity contribution in [1.82, 2.24) is 10.3 Å². The van der Waals surface area contributed by atoms with Crippen molar-refractivity contribution in [3.05, 3.63) is 64.6 Å². The summed E-state index contributed by atoms with van der Waals surface area (Å²) in [5.74, 6) is 0.157. The normalized spacial score (nSPS) is 10.6. The van der Waals surface area contributed by atoms with Gasteiger partial charge in [-0.15, -0.1) is 0 Å². The number of benzene rings is 2. The highest BCUT2D eigenvalue weighted by molar-refractivity contribution is 5.76. The van der Waals surface area contributed by atoms with E-state index in [0.717, 1.165) is 11.3 Å². The van der Waals surface area contributed by atoms with Gasteiger partial charge in [0, 0.05) is 6.54 Å². The van der Waals surface area contributed by atoms with Gasteiger partial charge in [0.1, 0.15) is 5.75 Å². The van der Waals surface area contributed by atoms with Crippen molar-refractivity contribution in [3.8, 4) is 5.75 Å². The molecule has 118 valence electrons. The molecule has 1 amide bonds. The summed E-state index contributed by atoms with van der Waals surface area (Å²) >= 11 is 0. The second kappa shape index (κ2) is 6.83. The SMILES string of the molecule is O=C(CCOc1ccccc1)NCc1ccc2[nH]c(=O)oc2c1. The number of hydrogen-bond donors (Lipinski definition) is 2. The molecule has 0 unspecified atom stereocenters. The zero-order chi connectivity index (χ0) is 16.1. The number of hydrogen-bond acceptors (Lipinski definition) is 4. The van der Waals surface area contributed by atoms with Crippen LogP contribution < -0.4 is 15.8 Å². The lowest BCUT2D eigenvalue weighted by Gasteiger charge is -2.07. The van der Waals surface area contributed by atoms with Gasteiger partial charge in [0.2, 0.25) is 5.91 Å². The third-order valence-corrected chi connectivity index (χ3v) is 3.32. The number of oxazole rings is 1. The number of aromatic nitrogens is 1. The van der Waals surface area contributed by atoms with Gasteiger partial charge in [-0.3, -0.25) is 9.78 Å². The molecule has 6 heteroatoms. The zero-order valence-corrected chi connectivity index (χ0v) is 12.4. The summed E-state index contributed by atoms with van der Waals surface area (Å²) in [5.41, 5.74) is 1.98. The van der Waals surface area contributed by atoms with Crippen LogP contribution in [0.2, 0.25) is 0 Å². The van der Waals surface area contributed by atoms with E-state index in [1.165, 1.54) is 0 Å². The fraction of sp³-hybridized carbons (Fsp3) is 0.176. The maximum Gasteiger partial charge on any atom is 0.417 e. The molecule has 3 rings (SSSR count). The Morgan fingerprint density at radius 1 is 1.17 bits per heavy atom. The van der Waals surface area contributed by atoms with Gasteiger partial charge in [-0.25, -0.2) is 4.79 Å². The number of carbonyl (C=O) groups excluding carboxylic acids is 1. The molecule has 2 aromatic carbocycles. The van der Waals surface area contributed by atoms with Crippen LogP contribution in [0.3, 0.4) is 0 Å². The van der Waals surface area contributed by atoms with Gasteiger partial charge < -0.3 is 14.5 Å². The number of ether oxygens (including phenoxy) is 1. The summed E-state index contributed by atoms with van der Waals surface area (Å²) in [6.07, 6.45) is 0.274. The van der Waals surface area contributed by atoms with Gasteiger partial charge in [0.05, 0.1) is 18.5 Å². The van der Waals surface area contributed by atoms with Gasteiger partial charge in [-0.2, -0.15) is 0 Å². The molecule has 1 heterocycles. The second-order valence-electron chi connectivity index (χ2n) is 5.03. The lowest BCUT2D eigenvalue weighted by Crippen LogP contribution is -2.24. The number of amides is 1. The van der Waals surface area contributed by atoms with Crippen LogP contribution in [0.1, 0.15) is 12.0 Å². The summed E-state index contributed by atoms with van der Waals surface area (Å²) in [5, 5.41) is 2.81. The fourth-order valence-electron chi connectivity index (χ4n) is 2.17. The Labute approximate surface area is 132 Å². The minimum atomic E-state index is -0.487. The molecule has 0 saturated carbocycles. The number of carbonyl (C=O) groups is 1. The van der Waals surface area contributed by atoms with Crippen LogP contribution >= 0.6 is 0 Å². The molecule has 0 spiro atoms. The average molecular weight is 312 g/mol. The van der Waals surface area contributed by atoms with E-state index < -0.39 is 5.76 Å². The first-order valence-electron chi connectivity index (χ1n) is 7.27. The number of aromatic amines is 1. The molecule has 0 fully saturated rings. The predicted octanol–water partition coefficient (Wildman–Crippen LogP) is 2.21. The number of rotatable bonds is 6. The Morgan fingerprint density at radius 3 is 2.83 bits per heavy atom. The molecule has 1 aromatic heterocycles. The van der Waals surface area contributed by atoms with Crippen LogP contribution in [0.25, 0.3) is 11.1 Å². The van der Waals surface area contributed by atoms with Crippen molar-refractivity contribution < 1.29 is 13.9 Å². The first-order chi connectivity index (χ1) is 11.2. The third-order valence-electron chi connectivity index (χ3n) is 3.32. The maximum atomic E-state index is 11.8. The lowest BCUT2D eigenvalue weighted by atomic mass is 10.2. The van der Waals surface area contributed by atoms with Crippen molar-refractivity contribution in [2.45, 2.75) is 13.0 Å². The highest BCUT2D eigenvalue weighted by atomic mass is 16.5. The van der Waals surface area contributed by atoms with Gasteiger partial charge in [-0.1, -0.05) is 24.3 Å². The van der Waals surface area contributed by atoms with Crippen molar-refractivity contribution >= 4 is 17.0 Å². The van der Waals surface area contributed by atoms with E-state index in [-0.39, 0.29) is 12.3 Å². The van der Waals surface area contributed by atoms with Gasteiger partial charge in [0.15, 0.2) is 5.58 Å². The maximum absolute atomic E-state index is 11.8. The monoisotopic (exact) mass is 312 g/mol. The molecular weight excluding hydrogens is 296 g/mol. The van der Waals surface area contributed by atoms with Crippen LogP contribution in [-0.4, -0.2) is 17.5 Å². The van der Waals surface area contributed by atoms with E-state index in [0.29, 0.717) is 24.3 Å². The van der Waals surface area contributed by atoms with Gasteiger partial charge in [-0.05, 0) is 29.8 Å². The summed E-state index contributed by atoms with van der Waals surface area (Å²) in [7, 11) is 0. The van der Waals surface area contributed by atoms with Crippen LogP contribution in [0, 0.1) is 0 Å². The summed E-state index contributed by atoms with van der Waals surface area (Å²) < 4.78 is 10.5. The smallest absolute Gasteiger partial charge is 0.417 e. The number of nitrogens with one attached hydrogen (secondary N) is 2. The topological polar surface area (TPSA) is 84.3 Å². The fourth-order valence-corrected chi connectivity index (χ4v) is 2.17. The van der Waals surface area contributed by atoms with E-state index >= 15 is 0 Å². The molecule has 6 nitrogen and oxygen atoms in total. The number of H-pyrrole nitrogens is 1. The Balaban J connectivity index is 1.47. The van der Waals surface area contributed by atoms with Crippen LogP contribution in [-0.2, 0) is 11.3 Å². The molecule has 0 aliphatic heterocycles. The minimum absolute atomic E-state index is 0.100. The molecule has 0 atom stereocenters. The molecule has 0 saturated heterocycles. The summed E-state index contributed by atoms with van der Waals surface area (Å²) in [6.45, 7) is 0.691.